The van der Waals surface area contributed by atoms with Crippen molar-refractivity contribution in [2.24, 2.45) is 0 Å². The summed E-state index contributed by atoms with van der Waals surface area (Å²) in [4.78, 5) is 33.2. The fourth-order valence-electron chi connectivity index (χ4n) is 3.48. The molecule has 2 aliphatic rings. The van der Waals surface area contributed by atoms with E-state index in [9.17, 15) is 9.59 Å². The van der Waals surface area contributed by atoms with Gasteiger partial charge in [0.1, 0.15) is 6.54 Å². The molecular formula is C21H22N4O3. The molecule has 0 spiro atoms. The van der Waals surface area contributed by atoms with Crippen molar-refractivity contribution in [3.63, 3.8) is 0 Å². The minimum absolute atomic E-state index is 0.0210. The number of piperidine rings is 1. The lowest BCUT2D eigenvalue weighted by Crippen LogP contribution is -2.47. The summed E-state index contributed by atoms with van der Waals surface area (Å²) >= 11 is 0. The zero-order valence-electron chi connectivity index (χ0n) is 15.5. The number of pyridine rings is 1. The third-order valence-corrected chi connectivity index (χ3v) is 4.96. The molecular weight excluding hydrogens is 356 g/mol. The van der Waals surface area contributed by atoms with Crippen molar-refractivity contribution in [2.45, 2.75) is 19.3 Å². The molecule has 1 saturated heterocycles. The summed E-state index contributed by atoms with van der Waals surface area (Å²) in [5.74, 6) is 0.211. The third kappa shape index (κ3) is 3.69. The summed E-state index contributed by atoms with van der Waals surface area (Å²) in [6.07, 6.45) is 8.08. The number of likely N-dealkylation sites (tertiary alicyclic amines) is 1. The predicted molar refractivity (Wildman–Crippen MR) is 106 cm³/mol. The lowest BCUT2D eigenvalue weighted by molar-refractivity contribution is -0.132. The van der Waals surface area contributed by atoms with Crippen LogP contribution in [0.3, 0.4) is 0 Å². The molecule has 7 nitrogen and oxygen atoms in total. The molecule has 4 rings (SSSR count). The van der Waals surface area contributed by atoms with Crippen molar-refractivity contribution in [2.75, 3.05) is 30.3 Å². The topological polar surface area (TPSA) is 88.8 Å². The number of nitrogens with two attached hydrogens (primary N) is 1. The third-order valence-electron chi connectivity index (χ3n) is 4.96. The average molecular weight is 378 g/mol. The smallest absolute Gasteiger partial charge is 0.294 e. The van der Waals surface area contributed by atoms with Gasteiger partial charge in [0.05, 0.1) is 5.69 Å². The maximum Gasteiger partial charge on any atom is 0.294 e. The first-order valence-corrected chi connectivity index (χ1v) is 9.40. The molecule has 1 fully saturated rings. The lowest BCUT2D eigenvalue weighted by atomic mass is 10.1. The Balaban J connectivity index is 1.66. The highest BCUT2D eigenvalue weighted by molar-refractivity contribution is 6.12. The van der Waals surface area contributed by atoms with Crippen LogP contribution in [-0.2, 0) is 9.59 Å². The highest BCUT2D eigenvalue weighted by atomic mass is 16.5. The molecule has 28 heavy (non-hydrogen) atoms. The summed E-state index contributed by atoms with van der Waals surface area (Å²) in [7, 11) is 0. The van der Waals surface area contributed by atoms with Gasteiger partial charge in [-0.1, -0.05) is 0 Å². The van der Waals surface area contributed by atoms with Crippen molar-refractivity contribution in [3.8, 4) is 5.75 Å². The van der Waals surface area contributed by atoms with Crippen LogP contribution in [0.5, 0.6) is 5.75 Å². The Morgan fingerprint density at radius 3 is 2.64 bits per heavy atom. The fourth-order valence-corrected chi connectivity index (χ4v) is 3.48. The largest absolute Gasteiger partial charge is 0.449 e. The first-order chi connectivity index (χ1) is 13.6. The molecule has 0 bridgehead atoms. The van der Waals surface area contributed by atoms with E-state index in [0.717, 1.165) is 37.9 Å². The standard InChI is InChI=1S/C21H22N4O3/c22-16-4-5-17-18(13-16)28-19(12-15-6-8-23-9-7-15)21(27)25(17)14-20(26)24-10-2-1-3-11-24/h4-9,12-13H,1-3,10-11,14,22H2/b19-12+. The van der Waals surface area contributed by atoms with E-state index in [1.165, 1.54) is 4.90 Å². The molecule has 2 amide bonds. The Morgan fingerprint density at radius 2 is 1.89 bits per heavy atom. The van der Waals surface area contributed by atoms with E-state index in [1.807, 2.05) is 4.90 Å². The highest BCUT2D eigenvalue weighted by Crippen LogP contribution is 2.37. The molecule has 3 heterocycles. The van der Waals surface area contributed by atoms with Gasteiger partial charge in [0.2, 0.25) is 5.91 Å². The number of aromatic nitrogens is 1. The number of carbonyl (C=O) groups is 2. The van der Waals surface area contributed by atoms with Crippen molar-refractivity contribution in [1.82, 2.24) is 9.88 Å². The Morgan fingerprint density at radius 1 is 1.14 bits per heavy atom. The van der Waals surface area contributed by atoms with Crippen LogP contribution in [-0.4, -0.2) is 41.3 Å². The van der Waals surface area contributed by atoms with Gasteiger partial charge in [0.15, 0.2) is 11.5 Å². The minimum Gasteiger partial charge on any atom is -0.449 e. The van der Waals surface area contributed by atoms with Gasteiger partial charge in [-0.25, -0.2) is 0 Å². The highest BCUT2D eigenvalue weighted by Gasteiger charge is 2.33. The Labute approximate surface area is 163 Å². The monoisotopic (exact) mass is 378 g/mol. The molecule has 2 aromatic rings. The number of fused-ring (bicyclic) bond motifs is 1. The minimum atomic E-state index is -0.348. The first-order valence-electron chi connectivity index (χ1n) is 9.40. The predicted octanol–water partition coefficient (Wildman–Crippen LogP) is 2.44. The molecule has 0 unspecified atom stereocenters. The number of benzene rings is 1. The summed E-state index contributed by atoms with van der Waals surface area (Å²) in [5.41, 5.74) is 7.76. The lowest BCUT2D eigenvalue weighted by Gasteiger charge is -2.33. The van der Waals surface area contributed by atoms with Crippen LogP contribution in [0.4, 0.5) is 11.4 Å². The Bertz CT molecular complexity index is 921. The number of amides is 2. The summed E-state index contributed by atoms with van der Waals surface area (Å²) < 4.78 is 5.83. The average Bonchev–Trinajstić information content (AvgIpc) is 2.72. The quantitative estimate of drug-likeness (QED) is 0.655. The molecule has 1 aromatic carbocycles. The number of ether oxygens (including phenoxy) is 1. The van der Waals surface area contributed by atoms with Gasteiger partial charge in [0.25, 0.3) is 5.91 Å². The molecule has 2 N–H and O–H groups in total. The molecule has 7 heteroatoms. The van der Waals surface area contributed by atoms with Gasteiger partial charge in [-0.15, -0.1) is 0 Å². The normalized spacial score (nSPS) is 18.0. The number of carbonyl (C=O) groups excluding carboxylic acids is 2. The number of rotatable bonds is 3. The molecule has 0 saturated carbocycles. The first kappa shape index (κ1) is 18.0. The van der Waals surface area contributed by atoms with Gasteiger partial charge < -0.3 is 15.4 Å². The number of anilines is 2. The van der Waals surface area contributed by atoms with Gasteiger partial charge >= 0.3 is 0 Å². The summed E-state index contributed by atoms with van der Waals surface area (Å²) in [5, 5.41) is 0. The van der Waals surface area contributed by atoms with E-state index in [0.29, 0.717) is 17.1 Å². The second-order valence-electron chi connectivity index (χ2n) is 6.95. The number of nitrogen functional groups attached to an aromatic ring is 1. The van der Waals surface area contributed by atoms with Crippen LogP contribution in [0.1, 0.15) is 24.8 Å². The Hall–Kier alpha value is -3.35. The van der Waals surface area contributed by atoms with Crippen LogP contribution in [0.2, 0.25) is 0 Å². The second-order valence-corrected chi connectivity index (χ2v) is 6.95. The van der Waals surface area contributed by atoms with E-state index in [2.05, 4.69) is 4.98 Å². The molecule has 144 valence electrons. The number of hydrogen-bond acceptors (Lipinski definition) is 5. The van der Waals surface area contributed by atoms with Crippen LogP contribution in [0, 0.1) is 0 Å². The zero-order valence-corrected chi connectivity index (χ0v) is 15.5. The van der Waals surface area contributed by atoms with E-state index < -0.39 is 0 Å². The number of nitrogens with zero attached hydrogens (tertiary/aromatic N) is 3. The molecule has 2 aliphatic heterocycles. The molecule has 1 aromatic heterocycles. The van der Waals surface area contributed by atoms with E-state index in [4.69, 9.17) is 10.5 Å². The van der Waals surface area contributed by atoms with Crippen molar-refractivity contribution < 1.29 is 14.3 Å². The summed E-state index contributed by atoms with van der Waals surface area (Å²) in [6, 6.07) is 8.64. The maximum atomic E-state index is 13.1. The van der Waals surface area contributed by atoms with Gasteiger partial charge in [-0.05, 0) is 55.2 Å². The van der Waals surface area contributed by atoms with Crippen LogP contribution >= 0.6 is 0 Å². The van der Waals surface area contributed by atoms with Crippen LogP contribution in [0.25, 0.3) is 6.08 Å². The van der Waals surface area contributed by atoms with Crippen molar-refractivity contribution in [1.29, 1.82) is 0 Å². The fraction of sp³-hybridized carbons (Fsp3) is 0.286. The van der Waals surface area contributed by atoms with Crippen molar-refractivity contribution >= 4 is 29.3 Å². The summed E-state index contributed by atoms with van der Waals surface area (Å²) in [6.45, 7) is 1.46. The molecule has 0 atom stereocenters. The molecule has 0 aliphatic carbocycles. The van der Waals surface area contributed by atoms with E-state index >= 15 is 0 Å². The van der Waals surface area contributed by atoms with Gasteiger partial charge in [0, 0.05) is 37.2 Å². The second kappa shape index (κ2) is 7.72. The maximum absolute atomic E-state index is 13.1. The van der Waals surface area contributed by atoms with E-state index in [-0.39, 0.29) is 24.1 Å². The molecule has 0 radical (unpaired) electrons. The number of hydrogen-bond donors (Lipinski definition) is 1. The van der Waals surface area contributed by atoms with Crippen LogP contribution in [0.15, 0.2) is 48.5 Å². The van der Waals surface area contributed by atoms with Gasteiger partial charge in [-0.2, -0.15) is 0 Å². The van der Waals surface area contributed by atoms with Crippen LogP contribution < -0.4 is 15.4 Å². The van der Waals surface area contributed by atoms with Crippen molar-refractivity contribution in [3.05, 3.63) is 54.0 Å². The van der Waals surface area contributed by atoms with Gasteiger partial charge in [-0.3, -0.25) is 19.5 Å². The zero-order chi connectivity index (χ0) is 19.5. The SMILES string of the molecule is Nc1ccc2c(c1)O/C(=C/c1ccncc1)C(=O)N2CC(=O)N1CCCCC1. The Kier molecular flexibility index (Phi) is 4.97. The van der Waals surface area contributed by atoms with E-state index in [1.54, 1.807) is 48.8 Å².